The topological polar surface area (TPSA) is 85.6 Å². The molecule has 0 saturated carbocycles. The largest absolute Gasteiger partial charge is 0.489 e. The molecule has 0 atom stereocenters. The zero-order chi connectivity index (χ0) is 20.3. The van der Waals surface area contributed by atoms with Gasteiger partial charge in [-0.3, -0.25) is 9.48 Å². The standard InChI is InChI=1S/C22H25N3O4/c1-25-20(21(27)23-22(15-26)9-11-28-12-10-22)18-13-17(7-8-19(18)24-25)29-14-16-5-3-2-4-6-16/h2-8,13,26H,9-12,14-15H2,1H3,(H,23,27). The number of benzene rings is 2. The molecule has 0 unspecified atom stereocenters. The quantitative estimate of drug-likeness (QED) is 0.670. The van der Waals surface area contributed by atoms with Crippen LogP contribution in [0.3, 0.4) is 0 Å². The molecule has 0 spiro atoms. The fraction of sp³-hybridized carbons (Fsp3) is 0.364. The molecule has 7 heteroatoms. The van der Waals surface area contributed by atoms with Crippen LogP contribution in [-0.2, 0) is 18.4 Å². The number of amides is 1. The lowest BCUT2D eigenvalue weighted by Gasteiger charge is -2.36. The third kappa shape index (κ3) is 4.11. The molecular formula is C22H25N3O4. The summed E-state index contributed by atoms with van der Waals surface area (Å²) in [5, 5.41) is 18.1. The Morgan fingerprint density at radius 1 is 1.24 bits per heavy atom. The molecule has 152 valence electrons. The summed E-state index contributed by atoms with van der Waals surface area (Å²) in [5.41, 5.74) is 1.58. The predicted octanol–water partition coefficient (Wildman–Crippen LogP) is 2.42. The highest BCUT2D eigenvalue weighted by atomic mass is 16.5. The molecule has 0 bridgehead atoms. The number of aliphatic hydroxyl groups is 1. The molecule has 1 aromatic heterocycles. The summed E-state index contributed by atoms with van der Waals surface area (Å²) in [6.45, 7) is 1.36. The van der Waals surface area contributed by atoms with Gasteiger partial charge in [0, 0.05) is 25.6 Å². The number of aromatic nitrogens is 2. The van der Waals surface area contributed by atoms with E-state index in [1.54, 1.807) is 11.7 Å². The van der Waals surface area contributed by atoms with E-state index in [2.05, 4.69) is 10.4 Å². The highest BCUT2D eigenvalue weighted by Crippen LogP contribution is 2.26. The second kappa shape index (κ2) is 8.23. The molecule has 2 heterocycles. The van der Waals surface area contributed by atoms with Crippen LogP contribution in [0, 0.1) is 0 Å². The summed E-state index contributed by atoms with van der Waals surface area (Å²) in [6, 6.07) is 15.5. The summed E-state index contributed by atoms with van der Waals surface area (Å²) >= 11 is 0. The first-order valence-corrected chi connectivity index (χ1v) is 9.75. The molecule has 1 saturated heterocycles. The number of hydrogen-bond acceptors (Lipinski definition) is 5. The maximum atomic E-state index is 13.1. The van der Waals surface area contributed by atoms with Crippen molar-refractivity contribution in [3.63, 3.8) is 0 Å². The molecule has 2 aromatic carbocycles. The third-order valence-electron chi connectivity index (χ3n) is 5.40. The zero-order valence-electron chi connectivity index (χ0n) is 16.4. The van der Waals surface area contributed by atoms with E-state index < -0.39 is 5.54 Å². The summed E-state index contributed by atoms with van der Waals surface area (Å²) in [4.78, 5) is 13.1. The van der Waals surface area contributed by atoms with E-state index >= 15 is 0 Å². The van der Waals surface area contributed by atoms with Gasteiger partial charge in [-0.2, -0.15) is 5.10 Å². The van der Waals surface area contributed by atoms with Crippen LogP contribution in [0.25, 0.3) is 10.9 Å². The molecule has 2 N–H and O–H groups in total. The lowest BCUT2D eigenvalue weighted by molar-refractivity contribution is 0.0124. The maximum Gasteiger partial charge on any atom is 0.270 e. The molecule has 1 aliphatic rings. The first-order chi connectivity index (χ1) is 14.1. The smallest absolute Gasteiger partial charge is 0.270 e. The summed E-state index contributed by atoms with van der Waals surface area (Å²) < 4.78 is 12.9. The van der Waals surface area contributed by atoms with E-state index in [0.717, 1.165) is 16.5 Å². The van der Waals surface area contributed by atoms with E-state index in [4.69, 9.17) is 9.47 Å². The second-order valence-corrected chi connectivity index (χ2v) is 7.43. The minimum Gasteiger partial charge on any atom is -0.489 e. The minimum atomic E-state index is -0.659. The van der Waals surface area contributed by atoms with Gasteiger partial charge < -0.3 is 19.9 Å². The van der Waals surface area contributed by atoms with Gasteiger partial charge in [0.25, 0.3) is 5.91 Å². The minimum absolute atomic E-state index is 0.122. The molecule has 3 aromatic rings. The Morgan fingerprint density at radius 3 is 2.72 bits per heavy atom. The monoisotopic (exact) mass is 395 g/mol. The first-order valence-electron chi connectivity index (χ1n) is 9.75. The summed E-state index contributed by atoms with van der Waals surface area (Å²) in [5.74, 6) is 0.414. The van der Waals surface area contributed by atoms with Gasteiger partial charge in [-0.1, -0.05) is 30.3 Å². The maximum absolute atomic E-state index is 13.1. The van der Waals surface area contributed by atoms with Crippen molar-refractivity contribution < 1.29 is 19.4 Å². The first kappa shape index (κ1) is 19.4. The Balaban J connectivity index is 1.58. The van der Waals surface area contributed by atoms with E-state index in [9.17, 15) is 9.90 Å². The van der Waals surface area contributed by atoms with E-state index in [1.807, 2.05) is 48.5 Å². The van der Waals surface area contributed by atoms with Crippen LogP contribution in [0.1, 0.15) is 28.9 Å². The predicted molar refractivity (Wildman–Crippen MR) is 109 cm³/mol. The lowest BCUT2D eigenvalue weighted by Crippen LogP contribution is -2.54. The number of hydrogen-bond donors (Lipinski definition) is 2. The molecule has 4 rings (SSSR count). The van der Waals surface area contributed by atoms with Crippen LogP contribution in [0.4, 0.5) is 0 Å². The number of nitrogens with one attached hydrogen (secondary N) is 1. The van der Waals surface area contributed by atoms with Gasteiger partial charge in [0.15, 0.2) is 0 Å². The average Bonchev–Trinajstić information content (AvgIpc) is 3.08. The Kier molecular flexibility index (Phi) is 5.51. The molecule has 0 aliphatic carbocycles. The lowest BCUT2D eigenvalue weighted by atomic mass is 9.90. The van der Waals surface area contributed by atoms with E-state index in [-0.39, 0.29) is 12.5 Å². The van der Waals surface area contributed by atoms with Crippen LogP contribution in [-0.4, -0.2) is 46.2 Å². The van der Waals surface area contributed by atoms with Crippen molar-refractivity contribution in [2.75, 3.05) is 19.8 Å². The zero-order valence-corrected chi connectivity index (χ0v) is 16.4. The van der Waals surface area contributed by atoms with Crippen molar-refractivity contribution in [1.29, 1.82) is 0 Å². The van der Waals surface area contributed by atoms with Crippen molar-refractivity contribution in [1.82, 2.24) is 15.1 Å². The normalized spacial score (nSPS) is 15.9. The van der Waals surface area contributed by atoms with Gasteiger partial charge in [-0.25, -0.2) is 0 Å². The van der Waals surface area contributed by atoms with Gasteiger partial charge in [0.05, 0.1) is 17.7 Å². The number of aliphatic hydroxyl groups excluding tert-OH is 1. The van der Waals surface area contributed by atoms with E-state index in [0.29, 0.717) is 44.1 Å². The molecule has 1 amide bonds. The van der Waals surface area contributed by atoms with Gasteiger partial charge in [-0.15, -0.1) is 0 Å². The Morgan fingerprint density at radius 2 is 2.00 bits per heavy atom. The number of carbonyl (C=O) groups is 1. The third-order valence-corrected chi connectivity index (χ3v) is 5.40. The van der Waals surface area contributed by atoms with Crippen molar-refractivity contribution >= 4 is 16.8 Å². The van der Waals surface area contributed by atoms with Crippen molar-refractivity contribution in [2.45, 2.75) is 25.0 Å². The number of fused-ring (bicyclic) bond motifs is 1. The van der Waals surface area contributed by atoms with Crippen molar-refractivity contribution in [3.8, 4) is 5.75 Å². The number of ether oxygens (including phenoxy) is 2. The Labute approximate surface area is 169 Å². The molecule has 1 fully saturated rings. The molecular weight excluding hydrogens is 370 g/mol. The van der Waals surface area contributed by atoms with Crippen LogP contribution < -0.4 is 10.1 Å². The van der Waals surface area contributed by atoms with E-state index in [1.165, 1.54) is 0 Å². The van der Waals surface area contributed by atoms with Crippen LogP contribution >= 0.6 is 0 Å². The number of nitrogens with zero attached hydrogens (tertiary/aromatic N) is 2. The van der Waals surface area contributed by atoms with Crippen LogP contribution in [0.15, 0.2) is 48.5 Å². The Hall–Kier alpha value is -2.90. The van der Waals surface area contributed by atoms with Gasteiger partial charge in [0.1, 0.15) is 18.1 Å². The molecule has 7 nitrogen and oxygen atoms in total. The summed E-state index contributed by atoms with van der Waals surface area (Å²) in [6.07, 6.45) is 1.16. The SMILES string of the molecule is Cn1nc2ccc(OCc3ccccc3)cc2c1C(=O)NC1(CO)CCOCC1. The number of rotatable bonds is 6. The van der Waals surface area contributed by atoms with Crippen molar-refractivity contribution in [3.05, 3.63) is 59.8 Å². The number of aryl methyl sites for hydroxylation is 1. The molecule has 1 aliphatic heterocycles. The van der Waals surface area contributed by atoms with Gasteiger partial charge in [-0.05, 0) is 36.6 Å². The summed E-state index contributed by atoms with van der Waals surface area (Å²) in [7, 11) is 1.75. The highest BCUT2D eigenvalue weighted by molar-refractivity contribution is 6.05. The van der Waals surface area contributed by atoms with Crippen LogP contribution in [0.5, 0.6) is 5.75 Å². The molecule has 29 heavy (non-hydrogen) atoms. The fourth-order valence-corrected chi connectivity index (χ4v) is 3.66. The fourth-order valence-electron chi connectivity index (χ4n) is 3.66. The molecule has 0 radical (unpaired) electrons. The van der Waals surface area contributed by atoms with Crippen LogP contribution in [0.2, 0.25) is 0 Å². The van der Waals surface area contributed by atoms with Gasteiger partial charge in [0.2, 0.25) is 0 Å². The van der Waals surface area contributed by atoms with Crippen molar-refractivity contribution in [2.24, 2.45) is 7.05 Å². The number of carbonyl (C=O) groups excluding carboxylic acids is 1. The average molecular weight is 395 g/mol. The van der Waals surface area contributed by atoms with Gasteiger partial charge >= 0.3 is 0 Å². The highest BCUT2D eigenvalue weighted by Gasteiger charge is 2.35. The Bertz CT molecular complexity index is 994. The second-order valence-electron chi connectivity index (χ2n) is 7.43.